The highest BCUT2D eigenvalue weighted by molar-refractivity contribution is 7.10. The number of hydrogen-bond acceptors (Lipinski definition) is 4. The molecule has 1 N–H and O–H groups in total. The van der Waals surface area contributed by atoms with E-state index in [-0.39, 0.29) is 18.3 Å². The Morgan fingerprint density at radius 1 is 1.00 bits per heavy atom. The first-order chi connectivity index (χ1) is 16.5. The molecule has 1 aromatic heterocycles. The second-order valence-electron chi connectivity index (χ2n) is 8.11. The Kier molecular flexibility index (Phi) is 7.72. The second-order valence-corrected chi connectivity index (χ2v) is 9.09. The largest absolute Gasteiger partial charge is 0.483 e. The van der Waals surface area contributed by atoms with Crippen molar-refractivity contribution in [2.45, 2.75) is 19.5 Å². The lowest BCUT2D eigenvalue weighted by atomic mass is 10.0. The summed E-state index contributed by atoms with van der Waals surface area (Å²) in [6, 6.07) is 26.7. The van der Waals surface area contributed by atoms with Gasteiger partial charge in [0.25, 0.3) is 5.91 Å². The lowest BCUT2D eigenvalue weighted by Gasteiger charge is -2.25. The fourth-order valence-corrected chi connectivity index (χ4v) is 4.55. The van der Waals surface area contributed by atoms with Crippen LogP contribution in [0.25, 0.3) is 11.1 Å². The molecule has 34 heavy (non-hydrogen) atoms. The molecule has 1 heterocycles. The number of amides is 1. The summed E-state index contributed by atoms with van der Waals surface area (Å²) in [5, 5.41) is 4.65. The van der Waals surface area contributed by atoms with Gasteiger partial charge in [-0.1, -0.05) is 54.6 Å². The summed E-state index contributed by atoms with van der Waals surface area (Å²) in [5.74, 6) is -0.259. The smallest absolute Gasteiger partial charge is 0.262 e. The fraction of sp³-hybridized carbons (Fsp3) is 0.179. The molecule has 4 aromatic rings. The monoisotopic (exact) mass is 474 g/mol. The number of nitrogens with zero attached hydrogens (tertiary/aromatic N) is 1. The number of para-hydroxylation sites is 1. The van der Waals surface area contributed by atoms with E-state index in [0.29, 0.717) is 12.3 Å². The van der Waals surface area contributed by atoms with Gasteiger partial charge in [0.05, 0.1) is 5.69 Å². The highest BCUT2D eigenvalue weighted by Crippen LogP contribution is 2.31. The third kappa shape index (κ3) is 5.90. The van der Waals surface area contributed by atoms with Crippen LogP contribution in [0.2, 0.25) is 0 Å². The van der Waals surface area contributed by atoms with Gasteiger partial charge in [0.2, 0.25) is 0 Å². The molecule has 1 atom stereocenters. The molecule has 0 fully saturated rings. The number of thiophene rings is 1. The van der Waals surface area contributed by atoms with Crippen LogP contribution in [-0.4, -0.2) is 24.5 Å². The van der Waals surface area contributed by atoms with Crippen molar-refractivity contribution in [2.75, 3.05) is 19.0 Å². The van der Waals surface area contributed by atoms with Crippen LogP contribution in [-0.2, 0) is 11.3 Å². The minimum absolute atomic E-state index is 0.139. The van der Waals surface area contributed by atoms with Gasteiger partial charge in [-0.2, -0.15) is 0 Å². The molecule has 0 radical (unpaired) electrons. The van der Waals surface area contributed by atoms with Crippen molar-refractivity contribution in [2.24, 2.45) is 0 Å². The number of carbonyl (C=O) groups excluding carboxylic acids is 1. The van der Waals surface area contributed by atoms with Gasteiger partial charge >= 0.3 is 0 Å². The summed E-state index contributed by atoms with van der Waals surface area (Å²) >= 11 is 1.73. The summed E-state index contributed by atoms with van der Waals surface area (Å²) in [6.45, 7) is 2.61. The van der Waals surface area contributed by atoms with E-state index in [4.69, 9.17) is 4.74 Å². The molecular formula is C28H27FN2O2S. The molecule has 174 valence electrons. The van der Waals surface area contributed by atoms with Gasteiger partial charge in [0.1, 0.15) is 11.6 Å². The number of nitrogens with one attached hydrogen (secondary N) is 1. The number of hydrogen-bond donors (Lipinski definition) is 1. The fourth-order valence-electron chi connectivity index (χ4n) is 3.70. The topological polar surface area (TPSA) is 41.6 Å². The van der Waals surface area contributed by atoms with E-state index in [9.17, 15) is 9.18 Å². The molecule has 0 spiro atoms. The number of anilines is 1. The molecule has 0 aliphatic carbocycles. The summed E-state index contributed by atoms with van der Waals surface area (Å²) in [6.07, 6.45) is 0. The molecule has 4 rings (SSSR count). The highest BCUT2D eigenvalue weighted by atomic mass is 32.1. The van der Waals surface area contributed by atoms with Crippen molar-refractivity contribution in [1.29, 1.82) is 0 Å². The van der Waals surface area contributed by atoms with Crippen LogP contribution in [0.5, 0.6) is 5.75 Å². The number of carbonyl (C=O) groups is 1. The van der Waals surface area contributed by atoms with Crippen LogP contribution in [0.1, 0.15) is 23.4 Å². The van der Waals surface area contributed by atoms with Crippen molar-refractivity contribution in [3.8, 4) is 16.9 Å². The highest BCUT2D eigenvalue weighted by Gasteiger charge is 2.17. The zero-order chi connectivity index (χ0) is 23.9. The zero-order valence-electron chi connectivity index (χ0n) is 19.2. The Hall–Kier alpha value is -3.48. The number of ether oxygens (including phenoxy) is 1. The lowest BCUT2D eigenvalue weighted by molar-refractivity contribution is -0.118. The van der Waals surface area contributed by atoms with E-state index in [2.05, 4.69) is 59.9 Å². The molecule has 6 heteroatoms. The first-order valence-corrected chi connectivity index (χ1v) is 12.0. The van der Waals surface area contributed by atoms with E-state index >= 15 is 0 Å². The van der Waals surface area contributed by atoms with Crippen molar-refractivity contribution in [1.82, 2.24) is 4.90 Å². The van der Waals surface area contributed by atoms with Crippen LogP contribution >= 0.6 is 11.3 Å². The molecule has 0 aliphatic rings. The van der Waals surface area contributed by atoms with Gasteiger partial charge in [-0.05, 0) is 60.8 Å². The van der Waals surface area contributed by atoms with E-state index in [1.54, 1.807) is 23.5 Å². The SMILES string of the molecule is C[C@H](c1cccs1)N(C)Cc1cc(-c2ccccc2)ccc1OCC(=O)Nc1ccccc1F. The van der Waals surface area contributed by atoms with E-state index < -0.39 is 11.7 Å². The predicted octanol–water partition coefficient (Wildman–Crippen LogP) is 6.76. The van der Waals surface area contributed by atoms with E-state index in [1.165, 1.54) is 17.0 Å². The van der Waals surface area contributed by atoms with Gasteiger partial charge in [-0.3, -0.25) is 9.69 Å². The van der Waals surface area contributed by atoms with Crippen molar-refractivity contribution < 1.29 is 13.9 Å². The molecule has 0 bridgehead atoms. The normalized spacial score (nSPS) is 11.9. The van der Waals surface area contributed by atoms with Gasteiger partial charge in [-0.15, -0.1) is 11.3 Å². The second kappa shape index (κ2) is 11.1. The Morgan fingerprint density at radius 2 is 1.76 bits per heavy atom. The predicted molar refractivity (Wildman–Crippen MR) is 137 cm³/mol. The minimum atomic E-state index is -0.479. The van der Waals surface area contributed by atoms with Crippen molar-refractivity contribution >= 4 is 22.9 Å². The third-order valence-electron chi connectivity index (χ3n) is 5.71. The molecule has 1 amide bonds. The quantitative estimate of drug-likeness (QED) is 0.291. The van der Waals surface area contributed by atoms with Crippen LogP contribution in [0.4, 0.5) is 10.1 Å². The maximum Gasteiger partial charge on any atom is 0.262 e. The standard InChI is InChI=1S/C28H27FN2O2S/c1-20(27-13-8-16-34-27)31(2)18-23-17-22(21-9-4-3-5-10-21)14-15-26(23)33-19-28(32)30-25-12-7-6-11-24(25)29/h3-17,20H,18-19H2,1-2H3,(H,30,32)/t20-/m1/s1. The maximum absolute atomic E-state index is 13.9. The number of benzene rings is 3. The minimum Gasteiger partial charge on any atom is -0.483 e. The Labute approximate surface area is 203 Å². The van der Waals surface area contributed by atoms with Crippen LogP contribution in [0.3, 0.4) is 0 Å². The van der Waals surface area contributed by atoms with Gasteiger partial charge in [0, 0.05) is 23.0 Å². The Bertz CT molecular complexity index is 1230. The lowest BCUT2D eigenvalue weighted by Crippen LogP contribution is -2.23. The molecule has 3 aromatic carbocycles. The van der Waals surface area contributed by atoms with Gasteiger partial charge in [0.15, 0.2) is 6.61 Å². The summed E-state index contributed by atoms with van der Waals surface area (Å²) in [5.41, 5.74) is 3.31. The van der Waals surface area contributed by atoms with E-state index in [1.807, 2.05) is 30.3 Å². The molecule has 4 nitrogen and oxygen atoms in total. The van der Waals surface area contributed by atoms with Crippen LogP contribution < -0.4 is 10.1 Å². The van der Waals surface area contributed by atoms with Gasteiger partial charge in [-0.25, -0.2) is 4.39 Å². The molecular weight excluding hydrogens is 447 g/mol. The first kappa shape index (κ1) is 23.7. The molecule has 0 saturated carbocycles. The van der Waals surface area contributed by atoms with Crippen molar-refractivity contribution in [3.05, 3.63) is 107 Å². The molecule has 0 saturated heterocycles. The number of halogens is 1. The summed E-state index contributed by atoms with van der Waals surface area (Å²) in [4.78, 5) is 15.9. The number of rotatable bonds is 9. The average molecular weight is 475 g/mol. The molecule has 0 aliphatic heterocycles. The van der Waals surface area contributed by atoms with Crippen molar-refractivity contribution in [3.63, 3.8) is 0 Å². The summed E-state index contributed by atoms with van der Waals surface area (Å²) in [7, 11) is 2.08. The van der Waals surface area contributed by atoms with Gasteiger partial charge < -0.3 is 10.1 Å². The summed E-state index contributed by atoms with van der Waals surface area (Å²) < 4.78 is 19.8. The molecule has 0 unspecified atom stereocenters. The van der Waals surface area contributed by atoms with Crippen LogP contribution in [0, 0.1) is 5.82 Å². The average Bonchev–Trinajstić information content (AvgIpc) is 3.40. The maximum atomic E-state index is 13.9. The Morgan fingerprint density at radius 3 is 2.50 bits per heavy atom. The van der Waals surface area contributed by atoms with Crippen LogP contribution in [0.15, 0.2) is 90.3 Å². The van der Waals surface area contributed by atoms with E-state index in [0.717, 1.165) is 16.7 Å². The first-order valence-electron chi connectivity index (χ1n) is 11.1. The third-order valence-corrected chi connectivity index (χ3v) is 6.75. The Balaban J connectivity index is 1.53. The zero-order valence-corrected chi connectivity index (χ0v) is 20.0.